The Kier molecular flexibility index (Phi) is 4.59. The summed E-state index contributed by atoms with van der Waals surface area (Å²) in [5.74, 6) is 1.63. The first kappa shape index (κ1) is 19.2. The second kappa shape index (κ2) is 7.17. The Morgan fingerprint density at radius 2 is 1.93 bits per heavy atom. The number of nitrogens with one attached hydrogen (secondary N) is 2. The molecule has 0 saturated carbocycles. The minimum atomic E-state index is -0.303. The molecule has 8 nitrogen and oxygen atoms in total. The standard InChI is InChI=1S/C20H21FN8.ClH/c1-2-28-10-25-15-4-11(3-14(21)18(15)28)16-17-19(24-9-23-17)27-20(26-16)29-7-12-5-22-6-13(12)8-29;/h3-4,9-10,12-13,22H,2,5-8H2,1H3,(H,23,24,26,27);1H. The summed E-state index contributed by atoms with van der Waals surface area (Å²) in [5.41, 5.74) is 3.74. The summed E-state index contributed by atoms with van der Waals surface area (Å²) in [7, 11) is 0. The summed E-state index contributed by atoms with van der Waals surface area (Å²) in [6.45, 7) is 6.60. The van der Waals surface area contributed by atoms with Gasteiger partial charge in [0.15, 0.2) is 5.65 Å². The van der Waals surface area contributed by atoms with Crippen molar-refractivity contribution in [2.75, 3.05) is 31.1 Å². The predicted octanol–water partition coefficient (Wildman–Crippen LogP) is 2.61. The van der Waals surface area contributed by atoms with Crippen molar-refractivity contribution in [3.8, 4) is 11.3 Å². The summed E-state index contributed by atoms with van der Waals surface area (Å²) >= 11 is 0. The van der Waals surface area contributed by atoms with Gasteiger partial charge in [0.05, 0.1) is 18.2 Å². The van der Waals surface area contributed by atoms with Gasteiger partial charge in [0.1, 0.15) is 22.5 Å². The van der Waals surface area contributed by atoms with Gasteiger partial charge in [-0.2, -0.15) is 4.98 Å². The van der Waals surface area contributed by atoms with E-state index in [4.69, 9.17) is 9.97 Å². The van der Waals surface area contributed by atoms with E-state index < -0.39 is 0 Å². The number of aryl methyl sites for hydroxylation is 1. The predicted molar refractivity (Wildman–Crippen MR) is 115 cm³/mol. The largest absolute Gasteiger partial charge is 0.340 e. The minimum absolute atomic E-state index is 0. The molecule has 5 heterocycles. The number of aromatic nitrogens is 6. The van der Waals surface area contributed by atoms with Crippen LogP contribution in [0.25, 0.3) is 33.5 Å². The molecule has 2 unspecified atom stereocenters. The van der Waals surface area contributed by atoms with Gasteiger partial charge in [-0.05, 0) is 30.9 Å². The van der Waals surface area contributed by atoms with Crippen molar-refractivity contribution in [1.29, 1.82) is 0 Å². The van der Waals surface area contributed by atoms with E-state index in [9.17, 15) is 4.39 Å². The van der Waals surface area contributed by atoms with Gasteiger partial charge in [-0.1, -0.05) is 0 Å². The molecule has 30 heavy (non-hydrogen) atoms. The van der Waals surface area contributed by atoms with Crippen LogP contribution in [0.3, 0.4) is 0 Å². The highest BCUT2D eigenvalue weighted by Crippen LogP contribution is 2.33. The van der Waals surface area contributed by atoms with E-state index in [0.717, 1.165) is 26.2 Å². The molecule has 0 radical (unpaired) electrons. The number of anilines is 1. The van der Waals surface area contributed by atoms with Crippen LogP contribution in [-0.4, -0.2) is 55.7 Å². The number of fused-ring (bicyclic) bond motifs is 3. The van der Waals surface area contributed by atoms with Crippen LogP contribution in [-0.2, 0) is 6.54 Å². The Morgan fingerprint density at radius 1 is 1.13 bits per heavy atom. The molecule has 6 rings (SSSR count). The molecule has 2 atom stereocenters. The lowest BCUT2D eigenvalue weighted by Gasteiger charge is -2.18. The summed E-state index contributed by atoms with van der Waals surface area (Å²) in [4.78, 5) is 23.6. The summed E-state index contributed by atoms with van der Waals surface area (Å²) in [5, 5.41) is 3.45. The van der Waals surface area contributed by atoms with Crippen molar-refractivity contribution in [1.82, 2.24) is 34.8 Å². The number of aromatic amines is 1. The first-order chi connectivity index (χ1) is 14.2. The van der Waals surface area contributed by atoms with E-state index in [1.807, 2.05) is 13.0 Å². The highest BCUT2D eigenvalue weighted by atomic mass is 35.5. The molecule has 10 heteroatoms. The first-order valence-electron chi connectivity index (χ1n) is 10.0. The molecule has 0 spiro atoms. The van der Waals surface area contributed by atoms with E-state index in [2.05, 4.69) is 25.2 Å². The van der Waals surface area contributed by atoms with Gasteiger partial charge in [-0.3, -0.25) is 0 Å². The fraction of sp³-hybridized carbons (Fsp3) is 0.400. The minimum Gasteiger partial charge on any atom is -0.340 e. The average molecular weight is 429 g/mol. The summed E-state index contributed by atoms with van der Waals surface area (Å²) < 4.78 is 16.8. The number of hydrogen-bond acceptors (Lipinski definition) is 6. The lowest BCUT2D eigenvalue weighted by atomic mass is 10.0. The third kappa shape index (κ3) is 2.84. The van der Waals surface area contributed by atoms with Crippen LogP contribution in [0.15, 0.2) is 24.8 Å². The van der Waals surface area contributed by atoms with Crippen molar-refractivity contribution >= 4 is 40.6 Å². The fourth-order valence-corrected chi connectivity index (χ4v) is 4.72. The Labute approximate surface area is 178 Å². The number of benzene rings is 1. The third-order valence-electron chi connectivity index (χ3n) is 6.22. The van der Waals surface area contributed by atoms with Crippen molar-refractivity contribution in [3.63, 3.8) is 0 Å². The number of rotatable bonds is 3. The van der Waals surface area contributed by atoms with Crippen molar-refractivity contribution < 1.29 is 4.39 Å². The lowest BCUT2D eigenvalue weighted by Crippen LogP contribution is -2.27. The van der Waals surface area contributed by atoms with Gasteiger partial charge in [0, 0.05) is 38.3 Å². The third-order valence-corrected chi connectivity index (χ3v) is 6.22. The van der Waals surface area contributed by atoms with Gasteiger partial charge >= 0.3 is 0 Å². The van der Waals surface area contributed by atoms with Crippen LogP contribution in [0.2, 0.25) is 0 Å². The van der Waals surface area contributed by atoms with E-state index >= 15 is 0 Å². The van der Waals surface area contributed by atoms with Crippen molar-refractivity contribution in [2.24, 2.45) is 11.8 Å². The Balaban J connectivity index is 0.00000193. The van der Waals surface area contributed by atoms with Gasteiger partial charge in [0.2, 0.25) is 5.95 Å². The molecule has 2 saturated heterocycles. The highest BCUT2D eigenvalue weighted by molar-refractivity contribution is 5.91. The molecule has 3 aromatic heterocycles. The monoisotopic (exact) mass is 428 g/mol. The van der Waals surface area contributed by atoms with E-state index in [1.165, 1.54) is 6.07 Å². The van der Waals surface area contributed by atoms with E-state index in [1.54, 1.807) is 17.2 Å². The maximum Gasteiger partial charge on any atom is 0.228 e. The summed E-state index contributed by atoms with van der Waals surface area (Å²) in [6, 6.07) is 3.41. The molecule has 2 fully saturated rings. The fourth-order valence-electron chi connectivity index (χ4n) is 4.72. The Morgan fingerprint density at radius 3 is 2.70 bits per heavy atom. The van der Waals surface area contributed by atoms with E-state index in [-0.39, 0.29) is 18.2 Å². The second-order valence-electron chi connectivity index (χ2n) is 7.91. The number of H-pyrrole nitrogens is 1. The quantitative estimate of drug-likeness (QED) is 0.521. The SMILES string of the molecule is CCn1cnc2cc(-c3nc(N4CC5CNCC5C4)nc4[nH]cnc34)cc(F)c21.Cl. The van der Waals surface area contributed by atoms with Crippen LogP contribution in [0, 0.1) is 17.7 Å². The van der Waals surface area contributed by atoms with Crippen LogP contribution in [0.5, 0.6) is 0 Å². The number of nitrogens with zero attached hydrogens (tertiary/aromatic N) is 6. The van der Waals surface area contributed by atoms with Crippen molar-refractivity contribution in [2.45, 2.75) is 13.5 Å². The van der Waals surface area contributed by atoms with Crippen LogP contribution in [0.1, 0.15) is 6.92 Å². The molecule has 2 N–H and O–H groups in total. The zero-order valence-corrected chi connectivity index (χ0v) is 17.3. The molecule has 0 amide bonds. The zero-order chi connectivity index (χ0) is 19.5. The van der Waals surface area contributed by atoms with Crippen molar-refractivity contribution in [3.05, 3.63) is 30.6 Å². The smallest absolute Gasteiger partial charge is 0.228 e. The molecule has 156 valence electrons. The molecule has 1 aromatic carbocycles. The maximum atomic E-state index is 14.9. The number of imidazole rings is 2. The molecular weight excluding hydrogens is 407 g/mol. The van der Waals surface area contributed by atoms with Gasteiger partial charge in [-0.25, -0.2) is 19.3 Å². The van der Waals surface area contributed by atoms with E-state index in [0.29, 0.717) is 57.8 Å². The molecule has 0 bridgehead atoms. The lowest BCUT2D eigenvalue weighted by molar-refractivity contribution is 0.533. The Bertz CT molecular complexity index is 1220. The van der Waals surface area contributed by atoms with Gasteiger partial charge in [-0.15, -0.1) is 12.4 Å². The van der Waals surface area contributed by atoms with Crippen LogP contribution < -0.4 is 10.2 Å². The van der Waals surface area contributed by atoms with Crippen LogP contribution in [0.4, 0.5) is 10.3 Å². The molecule has 2 aliphatic heterocycles. The first-order valence-corrected chi connectivity index (χ1v) is 10.0. The molecule has 0 aliphatic carbocycles. The Hall–Kier alpha value is -2.78. The van der Waals surface area contributed by atoms with Gasteiger partial charge < -0.3 is 19.8 Å². The zero-order valence-electron chi connectivity index (χ0n) is 16.5. The van der Waals surface area contributed by atoms with Crippen LogP contribution >= 0.6 is 12.4 Å². The second-order valence-corrected chi connectivity index (χ2v) is 7.91. The molecule has 4 aromatic rings. The highest BCUT2D eigenvalue weighted by Gasteiger charge is 2.37. The van der Waals surface area contributed by atoms with Gasteiger partial charge in [0.25, 0.3) is 0 Å². The average Bonchev–Trinajstić information content (AvgIpc) is 3.48. The maximum absolute atomic E-state index is 14.9. The number of halogens is 2. The molecular formula is C20H22ClFN8. The molecule has 2 aliphatic rings. The normalized spacial score (nSPS) is 20.8. The number of hydrogen-bond donors (Lipinski definition) is 2. The summed E-state index contributed by atoms with van der Waals surface area (Å²) in [6.07, 6.45) is 3.28. The topological polar surface area (TPSA) is 87.5 Å².